The zero-order valence-electron chi connectivity index (χ0n) is 13.9. The number of nitriles is 1. The van der Waals surface area contributed by atoms with Gasteiger partial charge < -0.3 is 4.74 Å². The number of aryl methyl sites for hydroxylation is 1. The van der Waals surface area contributed by atoms with E-state index in [1.807, 2.05) is 31.2 Å². The summed E-state index contributed by atoms with van der Waals surface area (Å²) in [6.45, 7) is 5.98. The van der Waals surface area contributed by atoms with Gasteiger partial charge in [-0.25, -0.2) is 4.79 Å². The molecule has 0 bridgehead atoms. The summed E-state index contributed by atoms with van der Waals surface area (Å²) >= 11 is 0. The maximum atomic E-state index is 12.1. The molecule has 0 N–H and O–H groups in total. The molecule has 2 aromatic rings. The van der Waals surface area contributed by atoms with Crippen molar-refractivity contribution < 1.29 is 4.74 Å². The van der Waals surface area contributed by atoms with E-state index in [2.05, 4.69) is 13.8 Å². The van der Waals surface area contributed by atoms with Crippen molar-refractivity contribution >= 4 is 0 Å². The van der Waals surface area contributed by atoms with E-state index in [1.54, 1.807) is 0 Å². The predicted molar refractivity (Wildman–Crippen MR) is 87.0 cm³/mol. The van der Waals surface area contributed by atoms with Crippen LogP contribution in [0.5, 0.6) is 11.6 Å². The second-order valence-electron chi connectivity index (χ2n) is 5.78. The minimum Gasteiger partial charge on any atom is -0.439 e. The fraction of sp³-hybridized carbons (Fsp3) is 0.353. The van der Waals surface area contributed by atoms with Crippen LogP contribution in [0.4, 0.5) is 0 Å². The lowest BCUT2D eigenvalue weighted by molar-refractivity contribution is 0.418. The van der Waals surface area contributed by atoms with Gasteiger partial charge in [0.2, 0.25) is 5.88 Å². The fourth-order valence-electron chi connectivity index (χ4n) is 2.23. The van der Waals surface area contributed by atoms with Crippen LogP contribution in [0.1, 0.15) is 36.5 Å². The van der Waals surface area contributed by atoms with Crippen molar-refractivity contribution in [3.05, 3.63) is 55.7 Å². The topological polar surface area (TPSA) is 77.0 Å². The minimum atomic E-state index is -0.664. The number of hydrogen-bond acceptors (Lipinski definition) is 4. The molecule has 0 aliphatic heterocycles. The van der Waals surface area contributed by atoms with Gasteiger partial charge in [-0.1, -0.05) is 26.0 Å². The molecule has 0 amide bonds. The molecule has 6 heteroatoms. The molecule has 1 aromatic heterocycles. The van der Waals surface area contributed by atoms with Crippen LogP contribution in [0, 0.1) is 18.3 Å². The summed E-state index contributed by atoms with van der Waals surface area (Å²) in [6, 6.07) is 7.61. The first kappa shape index (κ1) is 16.6. The molecule has 23 heavy (non-hydrogen) atoms. The number of hydrogen-bond donors (Lipinski definition) is 0. The molecule has 0 atom stereocenters. The molecule has 0 radical (unpaired) electrons. The largest absolute Gasteiger partial charge is 0.439 e. The average Bonchev–Trinajstić information content (AvgIpc) is 2.52. The molecule has 0 fully saturated rings. The van der Waals surface area contributed by atoms with Gasteiger partial charge in [-0.2, -0.15) is 5.26 Å². The quantitative estimate of drug-likeness (QED) is 0.870. The molecule has 2 rings (SSSR count). The van der Waals surface area contributed by atoms with Crippen LogP contribution in [0.2, 0.25) is 0 Å². The van der Waals surface area contributed by atoms with Gasteiger partial charge in [-0.15, -0.1) is 0 Å². The van der Waals surface area contributed by atoms with Crippen molar-refractivity contribution in [1.82, 2.24) is 9.13 Å². The van der Waals surface area contributed by atoms with E-state index in [9.17, 15) is 14.9 Å². The van der Waals surface area contributed by atoms with Gasteiger partial charge in [0.1, 0.15) is 11.8 Å². The van der Waals surface area contributed by atoms with E-state index in [0.29, 0.717) is 11.7 Å². The second kappa shape index (κ2) is 6.13. The van der Waals surface area contributed by atoms with Crippen molar-refractivity contribution in [1.29, 1.82) is 5.26 Å². The van der Waals surface area contributed by atoms with Gasteiger partial charge in [-0.3, -0.25) is 13.9 Å². The highest BCUT2D eigenvalue weighted by atomic mass is 16.5. The summed E-state index contributed by atoms with van der Waals surface area (Å²) in [5, 5.41) is 9.27. The Hall–Kier alpha value is -2.81. The lowest BCUT2D eigenvalue weighted by Crippen LogP contribution is -2.38. The van der Waals surface area contributed by atoms with E-state index in [-0.39, 0.29) is 11.4 Å². The van der Waals surface area contributed by atoms with E-state index in [1.165, 1.54) is 18.7 Å². The molecule has 0 unspecified atom stereocenters. The van der Waals surface area contributed by atoms with Crippen LogP contribution in [0.3, 0.4) is 0 Å². The SMILES string of the molecule is Cc1ccc(C(C)C)cc1Oc1c(C#N)c(=O)n(C)c(=O)n1C. The zero-order valence-corrected chi connectivity index (χ0v) is 13.9. The summed E-state index contributed by atoms with van der Waals surface area (Å²) in [5.74, 6) is 0.793. The molecule has 6 nitrogen and oxygen atoms in total. The Balaban J connectivity index is 2.67. The molecule has 0 saturated carbocycles. The smallest absolute Gasteiger partial charge is 0.333 e. The standard InChI is InChI=1S/C17H19N3O3/c1-10(2)12-7-6-11(3)14(8-12)23-16-13(9-18)15(21)19(4)17(22)20(16)5/h6-8,10H,1-5H3. The Bertz CT molecular complexity index is 914. The normalized spacial score (nSPS) is 10.7. The molecule has 1 aromatic carbocycles. The number of rotatable bonds is 3. The molecule has 1 heterocycles. The van der Waals surface area contributed by atoms with Crippen LogP contribution in [-0.2, 0) is 14.1 Å². The molecule has 0 aliphatic carbocycles. The molecule has 0 saturated heterocycles. The van der Waals surface area contributed by atoms with Crippen LogP contribution in [-0.4, -0.2) is 9.13 Å². The minimum absolute atomic E-state index is 0.0374. The molecular formula is C17H19N3O3. The van der Waals surface area contributed by atoms with E-state index < -0.39 is 11.2 Å². The number of ether oxygens (including phenoxy) is 1. The van der Waals surface area contributed by atoms with Crippen molar-refractivity contribution in [3.8, 4) is 17.7 Å². The summed E-state index contributed by atoms with van der Waals surface area (Å²) in [7, 11) is 2.81. The summed E-state index contributed by atoms with van der Waals surface area (Å²) < 4.78 is 7.86. The first-order valence-corrected chi connectivity index (χ1v) is 7.26. The van der Waals surface area contributed by atoms with Crippen molar-refractivity contribution in [2.75, 3.05) is 0 Å². The van der Waals surface area contributed by atoms with Crippen molar-refractivity contribution in [2.24, 2.45) is 14.1 Å². The average molecular weight is 313 g/mol. The number of benzene rings is 1. The third-order valence-corrected chi connectivity index (χ3v) is 3.81. The van der Waals surface area contributed by atoms with Gasteiger partial charge in [0.15, 0.2) is 5.56 Å². The Labute approximate surface area is 134 Å². The lowest BCUT2D eigenvalue weighted by atomic mass is 10.0. The van der Waals surface area contributed by atoms with Crippen LogP contribution in [0.15, 0.2) is 27.8 Å². The van der Waals surface area contributed by atoms with Gasteiger partial charge in [-0.05, 0) is 30.0 Å². The highest BCUT2D eigenvalue weighted by Gasteiger charge is 2.18. The van der Waals surface area contributed by atoms with Crippen molar-refractivity contribution in [2.45, 2.75) is 26.7 Å². The fourth-order valence-corrected chi connectivity index (χ4v) is 2.23. The zero-order chi connectivity index (χ0) is 17.3. The molecule has 0 aliphatic rings. The van der Waals surface area contributed by atoms with E-state index >= 15 is 0 Å². The number of nitrogens with zero attached hydrogens (tertiary/aromatic N) is 3. The summed E-state index contributed by atoms with van der Waals surface area (Å²) in [5.41, 5.74) is 0.526. The molecule has 0 spiro atoms. The Kier molecular flexibility index (Phi) is 4.41. The predicted octanol–water partition coefficient (Wildman–Crippen LogP) is 2.18. The van der Waals surface area contributed by atoms with Crippen LogP contribution >= 0.6 is 0 Å². The van der Waals surface area contributed by atoms with Gasteiger partial charge in [0.05, 0.1) is 0 Å². The van der Waals surface area contributed by atoms with Gasteiger partial charge in [0.25, 0.3) is 5.56 Å². The highest BCUT2D eigenvalue weighted by molar-refractivity contribution is 5.44. The van der Waals surface area contributed by atoms with E-state index in [4.69, 9.17) is 4.74 Å². The molecular weight excluding hydrogens is 294 g/mol. The first-order chi connectivity index (χ1) is 10.8. The summed E-state index contributed by atoms with van der Waals surface area (Å²) in [6.07, 6.45) is 0. The van der Waals surface area contributed by atoms with Crippen LogP contribution < -0.4 is 16.0 Å². The second-order valence-corrected chi connectivity index (χ2v) is 5.78. The van der Waals surface area contributed by atoms with Gasteiger partial charge in [0, 0.05) is 14.1 Å². The van der Waals surface area contributed by atoms with Crippen LogP contribution in [0.25, 0.3) is 0 Å². The third-order valence-electron chi connectivity index (χ3n) is 3.81. The third kappa shape index (κ3) is 2.90. The molecule has 120 valence electrons. The number of aromatic nitrogens is 2. The van der Waals surface area contributed by atoms with E-state index in [0.717, 1.165) is 15.7 Å². The van der Waals surface area contributed by atoms with Gasteiger partial charge >= 0.3 is 5.69 Å². The summed E-state index contributed by atoms with van der Waals surface area (Å²) in [4.78, 5) is 24.2. The Morgan fingerprint density at radius 1 is 1.17 bits per heavy atom. The first-order valence-electron chi connectivity index (χ1n) is 7.26. The Morgan fingerprint density at radius 3 is 2.39 bits per heavy atom. The highest BCUT2D eigenvalue weighted by Crippen LogP contribution is 2.28. The lowest BCUT2D eigenvalue weighted by Gasteiger charge is -2.15. The maximum Gasteiger partial charge on any atom is 0.333 e. The Morgan fingerprint density at radius 2 is 1.83 bits per heavy atom. The van der Waals surface area contributed by atoms with Crippen molar-refractivity contribution in [3.63, 3.8) is 0 Å². The maximum absolute atomic E-state index is 12.1. The monoisotopic (exact) mass is 313 g/mol.